The molecule has 0 radical (unpaired) electrons. The lowest BCUT2D eigenvalue weighted by Crippen LogP contribution is -2.47. The van der Waals surface area contributed by atoms with Gasteiger partial charge in [0.2, 0.25) is 5.91 Å². The number of hydrogen-bond acceptors (Lipinski definition) is 2. The van der Waals surface area contributed by atoms with Gasteiger partial charge in [0.05, 0.1) is 0 Å². The van der Waals surface area contributed by atoms with Gasteiger partial charge >= 0.3 is 0 Å². The van der Waals surface area contributed by atoms with Crippen LogP contribution in [0.5, 0.6) is 0 Å². The molecular weight excluding hydrogens is 320 g/mol. The van der Waals surface area contributed by atoms with Crippen molar-refractivity contribution in [1.82, 2.24) is 4.90 Å². The summed E-state index contributed by atoms with van der Waals surface area (Å²) >= 11 is 0. The van der Waals surface area contributed by atoms with Crippen molar-refractivity contribution in [3.8, 4) is 0 Å². The number of para-hydroxylation sites is 1. The second kappa shape index (κ2) is 9.00. The van der Waals surface area contributed by atoms with Crippen molar-refractivity contribution in [2.45, 2.75) is 45.6 Å². The lowest BCUT2D eigenvalue weighted by Gasteiger charge is -2.38. The summed E-state index contributed by atoms with van der Waals surface area (Å²) in [5.74, 6) is 0.231. The number of amides is 1. The molecular formula is C23H30N2O. The SMILES string of the molecule is CCC(=O)N(c1ccccc1)C1CCN(CCc2ccc(C)cc2)CC1. The van der Waals surface area contributed by atoms with Crippen LogP contribution in [-0.2, 0) is 11.2 Å². The summed E-state index contributed by atoms with van der Waals surface area (Å²) in [5.41, 5.74) is 3.76. The molecule has 0 spiro atoms. The molecule has 0 N–H and O–H groups in total. The summed E-state index contributed by atoms with van der Waals surface area (Å²) in [6.45, 7) is 7.32. The summed E-state index contributed by atoms with van der Waals surface area (Å²) < 4.78 is 0. The maximum absolute atomic E-state index is 12.5. The Labute approximate surface area is 157 Å². The van der Waals surface area contributed by atoms with E-state index in [2.05, 4.69) is 48.2 Å². The fraction of sp³-hybridized carbons (Fsp3) is 0.435. The van der Waals surface area contributed by atoms with E-state index in [1.165, 1.54) is 11.1 Å². The Kier molecular flexibility index (Phi) is 6.45. The average Bonchev–Trinajstić information content (AvgIpc) is 2.69. The molecule has 0 aliphatic carbocycles. The molecule has 2 aromatic carbocycles. The topological polar surface area (TPSA) is 23.6 Å². The van der Waals surface area contributed by atoms with Gasteiger partial charge in [-0.3, -0.25) is 4.79 Å². The van der Waals surface area contributed by atoms with E-state index in [0.717, 1.165) is 44.6 Å². The van der Waals surface area contributed by atoms with E-state index in [1.54, 1.807) is 0 Å². The number of benzene rings is 2. The molecule has 3 rings (SSSR count). The Bertz CT molecular complexity index is 688. The molecule has 1 aliphatic rings. The molecule has 0 unspecified atom stereocenters. The fourth-order valence-corrected chi connectivity index (χ4v) is 3.76. The third kappa shape index (κ3) is 4.73. The maximum Gasteiger partial charge on any atom is 0.226 e. The third-order valence-corrected chi connectivity index (χ3v) is 5.37. The quantitative estimate of drug-likeness (QED) is 0.769. The lowest BCUT2D eigenvalue weighted by molar-refractivity contribution is -0.119. The lowest BCUT2D eigenvalue weighted by atomic mass is 10.0. The van der Waals surface area contributed by atoms with Crippen molar-refractivity contribution in [3.63, 3.8) is 0 Å². The van der Waals surface area contributed by atoms with Gasteiger partial charge in [-0.2, -0.15) is 0 Å². The van der Waals surface area contributed by atoms with Crippen LogP contribution in [0.3, 0.4) is 0 Å². The monoisotopic (exact) mass is 350 g/mol. The van der Waals surface area contributed by atoms with E-state index >= 15 is 0 Å². The number of hydrogen-bond donors (Lipinski definition) is 0. The first-order chi connectivity index (χ1) is 12.7. The zero-order chi connectivity index (χ0) is 18.4. The molecule has 26 heavy (non-hydrogen) atoms. The van der Waals surface area contributed by atoms with Gasteiger partial charge in [0.15, 0.2) is 0 Å². The standard InChI is InChI=1S/C23H30N2O/c1-3-23(26)25(21-7-5-4-6-8-21)22-14-17-24(18-15-22)16-13-20-11-9-19(2)10-12-20/h4-12,22H,3,13-18H2,1-2H3. The molecule has 1 aliphatic heterocycles. The van der Waals surface area contributed by atoms with Crippen molar-refractivity contribution in [2.24, 2.45) is 0 Å². The first-order valence-electron chi connectivity index (χ1n) is 9.82. The largest absolute Gasteiger partial charge is 0.309 e. The number of aryl methyl sites for hydroxylation is 1. The third-order valence-electron chi connectivity index (χ3n) is 5.37. The number of piperidine rings is 1. The van der Waals surface area contributed by atoms with Gasteiger partial charge in [0.25, 0.3) is 0 Å². The second-order valence-electron chi connectivity index (χ2n) is 7.26. The summed E-state index contributed by atoms with van der Waals surface area (Å²) in [4.78, 5) is 17.1. The van der Waals surface area contributed by atoms with Crippen molar-refractivity contribution in [3.05, 3.63) is 65.7 Å². The van der Waals surface area contributed by atoms with E-state index in [-0.39, 0.29) is 5.91 Å². The summed E-state index contributed by atoms with van der Waals surface area (Å²) in [6.07, 6.45) is 3.76. The van der Waals surface area contributed by atoms with Crippen LogP contribution in [0.25, 0.3) is 0 Å². The molecule has 3 nitrogen and oxygen atoms in total. The van der Waals surface area contributed by atoms with Crippen LogP contribution < -0.4 is 4.90 Å². The maximum atomic E-state index is 12.5. The number of rotatable bonds is 6. The molecule has 138 valence electrons. The second-order valence-corrected chi connectivity index (χ2v) is 7.26. The Morgan fingerprint density at radius 2 is 1.69 bits per heavy atom. The number of anilines is 1. The van der Waals surface area contributed by atoms with Gasteiger partial charge in [-0.25, -0.2) is 0 Å². The molecule has 0 aromatic heterocycles. The molecule has 1 fully saturated rings. The normalized spacial score (nSPS) is 15.8. The van der Waals surface area contributed by atoms with Gasteiger partial charge in [0.1, 0.15) is 0 Å². The van der Waals surface area contributed by atoms with E-state index in [4.69, 9.17) is 0 Å². The predicted molar refractivity (Wildman–Crippen MR) is 109 cm³/mol. The minimum Gasteiger partial charge on any atom is -0.309 e. The summed E-state index contributed by atoms with van der Waals surface area (Å²) in [5, 5.41) is 0. The highest BCUT2D eigenvalue weighted by molar-refractivity contribution is 5.93. The molecule has 1 heterocycles. The minimum atomic E-state index is 0.231. The van der Waals surface area contributed by atoms with Gasteiger partial charge in [0, 0.05) is 37.8 Å². The minimum absolute atomic E-state index is 0.231. The summed E-state index contributed by atoms with van der Waals surface area (Å²) in [7, 11) is 0. The van der Waals surface area contributed by atoms with Crippen LogP contribution in [0, 0.1) is 6.92 Å². The van der Waals surface area contributed by atoms with Gasteiger partial charge < -0.3 is 9.80 Å². The van der Waals surface area contributed by atoms with Gasteiger partial charge in [-0.1, -0.05) is 55.0 Å². The Hall–Kier alpha value is -2.13. The number of carbonyl (C=O) groups is 1. The van der Waals surface area contributed by atoms with Crippen molar-refractivity contribution >= 4 is 11.6 Å². The number of carbonyl (C=O) groups excluding carboxylic acids is 1. The Morgan fingerprint density at radius 3 is 2.31 bits per heavy atom. The van der Waals surface area contributed by atoms with Gasteiger partial charge in [-0.15, -0.1) is 0 Å². The number of likely N-dealkylation sites (tertiary alicyclic amines) is 1. The molecule has 1 saturated heterocycles. The van der Waals surface area contributed by atoms with Crippen LogP contribution >= 0.6 is 0 Å². The highest BCUT2D eigenvalue weighted by Crippen LogP contribution is 2.24. The van der Waals surface area contributed by atoms with E-state index in [1.807, 2.05) is 30.0 Å². The molecule has 1 amide bonds. The average molecular weight is 351 g/mol. The van der Waals surface area contributed by atoms with Crippen LogP contribution in [0.15, 0.2) is 54.6 Å². The van der Waals surface area contributed by atoms with E-state index < -0.39 is 0 Å². The molecule has 0 bridgehead atoms. The smallest absolute Gasteiger partial charge is 0.226 e. The molecule has 0 atom stereocenters. The van der Waals surface area contributed by atoms with E-state index in [9.17, 15) is 4.79 Å². The van der Waals surface area contributed by atoms with Gasteiger partial charge in [-0.05, 0) is 43.9 Å². The highest BCUT2D eigenvalue weighted by Gasteiger charge is 2.28. The van der Waals surface area contributed by atoms with Crippen LogP contribution in [0.1, 0.15) is 37.3 Å². The predicted octanol–water partition coefficient (Wildman–Crippen LogP) is 4.45. The fourth-order valence-electron chi connectivity index (χ4n) is 3.76. The highest BCUT2D eigenvalue weighted by atomic mass is 16.2. The molecule has 0 saturated carbocycles. The molecule has 3 heteroatoms. The first-order valence-corrected chi connectivity index (χ1v) is 9.82. The summed E-state index contributed by atoms with van der Waals surface area (Å²) in [6, 6.07) is 19.3. The first kappa shape index (κ1) is 18.7. The zero-order valence-electron chi connectivity index (χ0n) is 16.0. The Morgan fingerprint density at radius 1 is 1.04 bits per heavy atom. The van der Waals surface area contributed by atoms with Crippen molar-refractivity contribution in [2.75, 3.05) is 24.5 Å². The molecule has 2 aromatic rings. The zero-order valence-corrected chi connectivity index (χ0v) is 16.0. The van der Waals surface area contributed by atoms with Crippen LogP contribution in [0.4, 0.5) is 5.69 Å². The number of nitrogens with zero attached hydrogens (tertiary/aromatic N) is 2. The van der Waals surface area contributed by atoms with Crippen LogP contribution in [-0.4, -0.2) is 36.5 Å². The van der Waals surface area contributed by atoms with Crippen molar-refractivity contribution < 1.29 is 4.79 Å². The Balaban J connectivity index is 1.56. The van der Waals surface area contributed by atoms with E-state index in [0.29, 0.717) is 12.5 Å². The van der Waals surface area contributed by atoms with Crippen molar-refractivity contribution in [1.29, 1.82) is 0 Å². The van der Waals surface area contributed by atoms with Crippen LogP contribution in [0.2, 0.25) is 0 Å².